The van der Waals surface area contributed by atoms with Gasteiger partial charge in [-0.3, -0.25) is 4.98 Å². The molecule has 0 bridgehead atoms. The van der Waals surface area contributed by atoms with Crippen LogP contribution in [-0.2, 0) is 6.42 Å². The molecule has 0 amide bonds. The predicted molar refractivity (Wildman–Crippen MR) is 55.0 cm³/mol. The van der Waals surface area contributed by atoms with Crippen LogP contribution < -0.4 is 5.73 Å². The highest BCUT2D eigenvalue weighted by molar-refractivity contribution is 5.57. The number of hydrogen-bond acceptors (Lipinski definition) is 5. The topological polar surface area (TPSA) is 77.8 Å². The van der Waals surface area contributed by atoms with Gasteiger partial charge in [-0.1, -0.05) is 5.16 Å². The molecule has 0 saturated carbocycles. The summed E-state index contributed by atoms with van der Waals surface area (Å²) in [5.41, 5.74) is 7.37. The van der Waals surface area contributed by atoms with Crippen molar-refractivity contribution in [3.63, 3.8) is 0 Å². The molecule has 0 aliphatic heterocycles. The Morgan fingerprint density at radius 2 is 2.33 bits per heavy atom. The fourth-order valence-corrected chi connectivity index (χ4v) is 1.31. The number of rotatable bonds is 3. The molecule has 2 rings (SSSR count). The normalized spacial score (nSPS) is 10.5. The molecule has 0 unspecified atom stereocenters. The van der Waals surface area contributed by atoms with E-state index in [1.807, 2.05) is 13.0 Å². The summed E-state index contributed by atoms with van der Waals surface area (Å²) in [6, 6.07) is 1.87. The maximum absolute atomic E-state index is 5.40. The zero-order valence-corrected chi connectivity index (χ0v) is 8.47. The van der Waals surface area contributed by atoms with Crippen molar-refractivity contribution in [2.75, 3.05) is 6.54 Å². The van der Waals surface area contributed by atoms with Crippen molar-refractivity contribution in [3.8, 4) is 11.4 Å². The molecule has 15 heavy (non-hydrogen) atoms. The standard InChI is InChI=1S/C10H12N4O/c1-7-6-12-5-3-8(7)10-13-9(2-4-11)15-14-10/h3,5-6H,2,4,11H2,1H3. The highest BCUT2D eigenvalue weighted by Crippen LogP contribution is 2.18. The van der Waals surface area contributed by atoms with E-state index in [1.165, 1.54) is 0 Å². The monoisotopic (exact) mass is 204 g/mol. The molecule has 0 aromatic carbocycles. The van der Waals surface area contributed by atoms with Gasteiger partial charge in [0.25, 0.3) is 0 Å². The number of nitrogens with zero attached hydrogens (tertiary/aromatic N) is 3. The molecular weight excluding hydrogens is 192 g/mol. The molecule has 0 aliphatic carbocycles. The molecule has 0 spiro atoms. The van der Waals surface area contributed by atoms with Crippen molar-refractivity contribution in [3.05, 3.63) is 29.9 Å². The molecule has 0 saturated heterocycles. The van der Waals surface area contributed by atoms with E-state index >= 15 is 0 Å². The third-order valence-electron chi connectivity index (χ3n) is 2.09. The molecule has 5 nitrogen and oxygen atoms in total. The fraction of sp³-hybridized carbons (Fsp3) is 0.300. The van der Waals surface area contributed by atoms with E-state index in [2.05, 4.69) is 15.1 Å². The van der Waals surface area contributed by atoms with Crippen molar-refractivity contribution >= 4 is 0 Å². The average molecular weight is 204 g/mol. The highest BCUT2D eigenvalue weighted by atomic mass is 16.5. The van der Waals surface area contributed by atoms with Crippen LogP contribution >= 0.6 is 0 Å². The average Bonchev–Trinajstić information content (AvgIpc) is 2.68. The maximum atomic E-state index is 5.40. The zero-order chi connectivity index (χ0) is 10.7. The van der Waals surface area contributed by atoms with Crippen LogP contribution in [0.3, 0.4) is 0 Å². The summed E-state index contributed by atoms with van der Waals surface area (Å²) in [5, 5.41) is 3.90. The number of hydrogen-bond donors (Lipinski definition) is 1. The van der Waals surface area contributed by atoms with Crippen molar-refractivity contribution < 1.29 is 4.52 Å². The van der Waals surface area contributed by atoms with Gasteiger partial charge in [-0.2, -0.15) is 4.98 Å². The molecule has 2 aromatic rings. The first-order chi connectivity index (χ1) is 7.31. The number of nitrogens with two attached hydrogens (primary N) is 1. The fourth-order valence-electron chi connectivity index (χ4n) is 1.31. The molecule has 5 heteroatoms. The summed E-state index contributed by atoms with van der Waals surface area (Å²) in [7, 11) is 0. The Labute approximate surface area is 87.3 Å². The second kappa shape index (κ2) is 4.18. The van der Waals surface area contributed by atoms with Gasteiger partial charge in [0.15, 0.2) is 0 Å². The van der Waals surface area contributed by atoms with Gasteiger partial charge < -0.3 is 10.3 Å². The predicted octanol–water partition coefficient (Wildman–Crippen LogP) is 0.941. The molecule has 78 valence electrons. The second-order valence-electron chi connectivity index (χ2n) is 3.24. The van der Waals surface area contributed by atoms with Gasteiger partial charge in [0.1, 0.15) is 0 Å². The second-order valence-corrected chi connectivity index (χ2v) is 3.24. The van der Waals surface area contributed by atoms with Crippen LogP contribution in [0.15, 0.2) is 23.0 Å². The van der Waals surface area contributed by atoms with E-state index < -0.39 is 0 Å². The van der Waals surface area contributed by atoms with Gasteiger partial charge in [0.05, 0.1) is 0 Å². The molecule has 0 aliphatic rings. The lowest BCUT2D eigenvalue weighted by Gasteiger charge is -1.97. The van der Waals surface area contributed by atoms with Gasteiger partial charge in [-0.05, 0) is 18.6 Å². The molecular formula is C10H12N4O. The molecule has 0 fully saturated rings. The minimum Gasteiger partial charge on any atom is -0.339 e. The van der Waals surface area contributed by atoms with E-state index in [0.717, 1.165) is 11.1 Å². The molecule has 2 aromatic heterocycles. The lowest BCUT2D eigenvalue weighted by molar-refractivity contribution is 0.380. The number of aryl methyl sites for hydroxylation is 1. The van der Waals surface area contributed by atoms with Gasteiger partial charge in [0.2, 0.25) is 11.7 Å². The largest absolute Gasteiger partial charge is 0.339 e. The summed E-state index contributed by atoms with van der Waals surface area (Å²) < 4.78 is 5.05. The van der Waals surface area contributed by atoms with Gasteiger partial charge in [-0.15, -0.1) is 0 Å². The molecule has 2 heterocycles. The Hall–Kier alpha value is -1.75. The Balaban J connectivity index is 2.33. The van der Waals surface area contributed by atoms with Crippen molar-refractivity contribution in [1.82, 2.24) is 15.1 Å². The first-order valence-corrected chi connectivity index (χ1v) is 4.75. The van der Waals surface area contributed by atoms with Crippen molar-refractivity contribution in [1.29, 1.82) is 0 Å². The van der Waals surface area contributed by atoms with Crippen molar-refractivity contribution in [2.45, 2.75) is 13.3 Å². The van der Waals surface area contributed by atoms with Gasteiger partial charge in [-0.25, -0.2) is 0 Å². The minimum absolute atomic E-state index is 0.511. The third kappa shape index (κ3) is 2.02. The lowest BCUT2D eigenvalue weighted by atomic mass is 10.1. The minimum atomic E-state index is 0.511. The van der Waals surface area contributed by atoms with E-state index in [0.29, 0.717) is 24.7 Å². The smallest absolute Gasteiger partial charge is 0.228 e. The third-order valence-corrected chi connectivity index (χ3v) is 2.09. The first-order valence-electron chi connectivity index (χ1n) is 4.75. The van der Waals surface area contributed by atoms with Crippen LogP contribution in [0.4, 0.5) is 0 Å². The summed E-state index contributed by atoms with van der Waals surface area (Å²) in [6.07, 6.45) is 4.09. The van der Waals surface area contributed by atoms with E-state index in [4.69, 9.17) is 10.3 Å². The molecule has 0 radical (unpaired) electrons. The number of aromatic nitrogens is 3. The van der Waals surface area contributed by atoms with Crippen LogP contribution in [0.1, 0.15) is 11.5 Å². The van der Waals surface area contributed by atoms with E-state index in [-0.39, 0.29) is 0 Å². The van der Waals surface area contributed by atoms with Crippen LogP contribution in [-0.4, -0.2) is 21.7 Å². The van der Waals surface area contributed by atoms with Gasteiger partial charge >= 0.3 is 0 Å². The van der Waals surface area contributed by atoms with Crippen LogP contribution in [0.25, 0.3) is 11.4 Å². The molecule has 0 atom stereocenters. The van der Waals surface area contributed by atoms with Crippen molar-refractivity contribution in [2.24, 2.45) is 5.73 Å². The Bertz CT molecular complexity index is 452. The highest BCUT2D eigenvalue weighted by Gasteiger charge is 2.09. The summed E-state index contributed by atoms with van der Waals surface area (Å²) in [5.74, 6) is 1.17. The Kier molecular flexibility index (Phi) is 2.73. The van der Waals surface area contributed by atoms with Crippen LogP contribution in [0, 0.1) is 6.92 Å². The summed E-state index contributed by atoms with van der Waals surface area (Å²) in [6.45, 7) is 2.47. The Morgan fingerprint density at radius 1 is 1.47 bits per heavy atom. The van der Waals surface area contributed by atoms with Gasteiger partial charge in [0, 0.05) is 30.9 Å². The lowest BCUT2D eigenvalue weighted by Crippen LogP contribution is -2.02. The van der Waals surface area contributed by atoms with E-state index in [1.54, 1.807) is 12.4 Å². The van der Waals surface area contributed by atoms with E-state index in [9.17, 15) is 0 Å². The summed E-state index contributed by atoms with van der Waals surface area (Å²) in [4.78, 5) is 8.25. The SMILES string of the molecule is Cc1cnccc1-c1noc(CCN)n1. The molecule has 2 N–H and O–H groups in total. The van der Waals surface area contributed by atoms with Crippen LogP contribution in [0.5, 0.6) is 0 Å². The quantitative estimate of drug-likeness (QED) is 0.805. The number of pyridine rings is 1. The Morgan fingerprint density at radius 3 is 3.07 bits per heavy atom. The van der Waals surface area contributed by atoms with Crippen LogP contribution in [0.2, 0.25) is 0 Å². The zero-order valence-electron chi connectivity index (χ0n) is 8.47. The first kappa shape index (κ1) is 9.79. The summed E-state index contributed by atoms with van der Waals surface area (Å²) >= 11 is 0. The maximum Gasteiger partial charge on any atom is 0.228 e.